The van der Waals surface area contributed by atoms with Gasteiger partial charge in [-0.25, -0.2) is 0 Å². The topological polar surface area (TPSA) is 66.4 Å². The molecule has 98 valence electrons. The minimum Gasteiger partial charge on any atom is -0.481 e. The molecule has 1 amide bonds. The van der Waals surface area contributed by atoms with Crippen molar-refractivity contribution in [2.45, 2.75) is 24.3 Å². The summed E-state index contributed by atoms with van der Waals surface area (Å²) in [4.78, 5) is 21.9. The smallest absolute Gasteiger partial charge is 0.305 e. The van der Waals surface area contributed by atoms with E-state index in [0.29, 0.717) is 0 Å². The molecule has 18 heavy (non-hydrogen) atoms. The minimum atomic E-state index is -0.903. The number of carboxylic acids is 1. The molecule has 2 N–H and O–H groups in total. The van der Waals surface area contributed by atoms with Crippen LogP contribution in [0.1, 0.15) is 18.9 Å². The lowest BCUT2D eigenvalue weighted by molar-refractivity contribution is -0.136. The molecule has 1 atom stereocenters. The Balaban J connectivity index is 2.25. The molecular weight excluding hydrogens is 250 g/mol. The number of carboxylic acid groups (broad SMARTS) is 1. The number of aliphatic carboxylic acids is 1. The molecule has 1 aromatic carbocycles. The number of nitrogens with one attached hydrogen (secondary N) is 1. The number of amides is 1. The molecule has 0 aliphatic rings. The molecule has 0 radical (unpaired) electrons. The van der Waals surface area contributed by atoms with Gasteiger partial charge in [0, 0.05) is 12.3 Å². The van der Waals surface area contributed by atoms with E-state index >= 15 is 0 Å². The first-order valence-electron chi connectivity index (χ1n) is 5.74. The Morgan fingerprint density at radius 2 is 2.00 bits per heavy atom. The molecule has 0 bridgehead atoms. The van der Waals surface area contributed by atoms with Gasteiger partial charge in [0.05, 0.1) is 11.7 Å². The molecule has 0 heterocycles. The van der Waals surface area contributed by atoms with Crippen LogP contribution in [-0.2, 0) is 15.3 Å². The van der Waals surface area contributed by atoms with E-state index in [2.05, 4.69) is 5.32 Å². The monoisotopic (exact) mass is 267 g/mol. The molecule has 0 aliphatic carbocycles. The van der Waals surface area contributed by atoms with Crippen LogP contribution in [0.3, 0.4) is 0 Å². The zero-order valence-corrected chi connectivity index (χ0v) is 11.1. The second-order valence-electron chi connectivity index (χ2n) is 3.87. The van der Waals surface area contributed by atoms with E-state index in [0.717, 1.165) is 5.75 Å². The quantitative estimate of drug-likeness (QED) is 0.792. The Morgan fingerprint density at radius 3 is 2.61 bits per heavy atom. The molecule has 0 saturated heterocycles. The Kier molecular flexibility index (Phi) is 6.28. The van der Waals surface area contributed by atoms with Gasteiger partial charge in [0.15, 0.2) is 0 Å². The molecule has 0 spiro atoms. The Bertz CT molecular complexity index is 394. The van der Waals surface area contributed by atoms with Crippen molar-refractivity contribution in [1.82, 2.24) is 5.32 Å². The molecule has 0 saturated carbocycles. The lowest BCUT2D eigenvalue weighted by Crippen LogP contribution is -2.32. The van der Waals surface area contributed by atoms with Crippen LogP contribution in [0.4, 0.5) is 0 Å². The predicted octanol–water partition coefficient (Wildman–Crippen LogP) is 1.90. The van der Waals surface area contributed by atoms with Crippen LogP contribution in [0.2, 0.25) is 0 Å². The van der Waals surface area contributed by atoms with Gasteiger partial charge >= 0.3 is 5.97 Å². The Labute approximate surface area is 111 Å². The third-order valence-corrected chi connectivity index (χ3v) is 3.56. The second-order valence-corrected chi connectivity index (χ2v) is 5.20. The number of hydrogen-bond acceptors (Lipinski definition) is 3. The summed E-state index contributed by atoms with van der Waals surface area (Å²) < 4.78 is 0. The van der Waals surface area contributed by atoms with E-state index in [1.165, 1.54) is 17.3 Å². The maximum atomic E-state index is 11.6. The highest BCUT2D eigenvalue weighted by Crippen LogP contribution is 2.17. The third kappa shape index (κ3) is 5.72. The van der Waals surface area contributed by atoms with Crippen LogP contribution in [0.25, 0.3) is 0 Å². The number of rotatable bonds is 7. The van der Waals surface area contributed by atoms with Crippen molar-refractivity contribution in [2.75, 3.05) is 6.54 Å². The summed E-state index contributed by atoms with van der Waals surface area (Å²) in [5.41, 5.74) is 1.17. The number of benzene rings is 1. The fourth-order valence-electron chi connectivity index (χ4n) is 1.31. The summed E-state index contributed by atoms with van der Waals surface area (Å²) in [5.74, 6) is -0.244. The maximum absolute atomic E-state index is 11.6. The lowest BCUT2D eigenvalue weighted by atomic mass is 10.2. The first kappa shape index (κ1) is 14.6. The number of carbonyl (C=O) groups excluding carboxylic acids is 1. The van der Waals surface area contributed by atoms with Crippen LogP contribution in [0, 0.1) is 0 Å². The summed E-state index contributed by atoms with van der Waals surface area (Å²) in [6.07, 6.45) is -0.0399. The number of thioether (sulfide) groups is 1. The van der Waals surface area contributed by atoms with Gasteiger partial charge in [0.1, 0.15) is 0 Å². The fraction of sp³-hybridized carbons (Fsp3) is 0.385. The van der Waals surface area contributed by atoms with Crippen molar-refractivity contribution < 1.29 is 14.7 Å². The molecule has 4 nitrogen and oxygen atoms in total. The van der Waals surface area contributed by atoms with E-state index in [4.69, 9.17) is 5.11 Å². The Morgan fingerprint density at radius 1 is 1.33 bits per heavy atom. The van der Waals surface area contributed by atoms with Crippen molar-refractivity contribution in [1.29, 1.82) is 0 Å². The van der Waals surface area contributed by atoms with Crippen molar-refractivity contribution in [3.05, 3.63) is 35.9 Å². The predicted molar refractivity (Wildman–Crippen MR) is 72.5 cm³/mol. The van der Waals surface area contributed by atoms with Gasteiger partial charge in [0.25, 0.3) is 0 Å². The average Bonchev–Trinajstić information content (AvgIpc) is 2.36. The zero-order valence-electron chi connectivity index (χ0n) is 10.3. The molecule has 0 aromatic heterocycles. The average molecular weight is 267 g/mol. The van der Waals surface area contributed by atoms with E-state index in [-0.39, 0.29) is 24.1 Å². The van der Waals surface area contributed by atoms with Gasteiger partial charge in [-0.2, -0.15) is 0 Å². The molecule has 1 unspecified atom stereocenters. The highest BCUT2D eigenvalue weighted by molar-refractivity contribution is 7.99. The van der Waals surface area contributed by atoms with E-state index in [1.54, 1.807) is 0 Å². The molecule has 1 rings (SSSR count). The zero-order chi connectivity index (χ0) is 13.4. The van der Waals surface area contributed by atoms with E-state index in [1.807, 2.05) is 37.3 Å². The second kappa shape index (κ2) is 7.76. The molecular formula is C13H17NO3S. The van der Waals surface area contributed by atoms with Gasteiger partial charge in [-0.05, 0) is 12.5 Å². The summed E-state index contributed by atoms with van der Waals surface area (Å²) in [6.45, 7) is 2.01. The van der Waals surface area contributed by atoms with E-state index < -0.39 is 5.97 Å². The summed E-state index contributed by atoms with van der Waals surface area (Å²) in [6, 6.07) is 9.92. The third-order valence-electron chi connectivity index (χ3n) is 2.35. The Hall–Kier alpha value is -1.49. The lowest BCUT2D eigenvalue weighted by Gasteiger charge is -2.11. The molecule has 0 fully saturated rings. The molecule has 1 aromatic rings. The van der Waals surface area contributed by atoms with Crippen molar-refractivity contribution in [3.63, 3.8) is 0 Å². The first-order valence-corrected chi connectivity index (χ1v) is 6.79. The van der Waals surface area contributed by atoms with Crippen molar-refractivity contribution in [2.24, 2.45) is 0 Å². The standard InChI is InChI=1S/C13H17NO3S/c1-10(13(17)14-8-7-12(15)16)18-9-11-5-3-2-4-6-11/h2-6,10H,7-9H2,1H3,(H,14,17)(H,15,16). The first-order chi connectivity index (χ1) is 8.59. The molecule has 0 aliphatic heterocycles. The van der Waals surface area contributed by atoms with Gasteiger partial charge in [-0.3, -0.25) is 9.59 Å². The maximum Gasteiger partial charge on any atom is 0.305 e. The SMILES string of the molecule is CC(SCc1ccccc1)C(=O)NCCC(=O)O. The van der Waals surface area contributed by atoms with Crippen LogP contribution in [0.15, 0.2) is 30.3 Å². The van der Waals surface area contributed by atoms with Crippen LogP contribution < -0.4 is 5.32 Å². The van der Waals surface area contributed by atoms with Crippen LogP contribution in [0.5, 0.6) is 0 Å². The summed E-state index contributed by atoms with van der Waals surface area (Å²) in [7, 11) is 0. The molecule has 5 heteroatoms. The number of carbonyl (C=O) groups is 2. The minimum absolute atomic E-state index is 0.0399. The summed E-state index contributed by atoms with van der Waals surface area (Å²) in [5, 5.41) is 10.9. The van der Waals surface area contributed by atoms with Crippen molar-refractivity contribution in [3.8, 4) is 0 Å². The highest BCUT2D eigenvalue weighted by atomic mass is 32.2. The van der Waals surface area contributed by atoms with Gasteiger partial charge < -0.3 is 10.4 Å². The van der Waals surface area contributed by atoms with Crippen LogP contribution in [-0.4, -0.2) is 28.8 Å². The normalized spacial score (nSPS) is 11.8. The number of hydrogen-bond donors (Lipinski definition) is 2. The van der Waals surface area contributed by atoms with Crippen molar-refractivity contribution >= 4 is 23.6 Å². The van der Waals surface area contributed by atoms with Crippen LogP contribution >= 0.6 is 11.8 Å². The van der Waals surface area contributed by atoms with Gasteiger partial charge in [0.2, 0.25) is 5.91 Å². The highest BCUT2D eigenvalue weighted by Gasteiger charge is 2.13. The van der Waals surface area contributed by atoms with Gasteiger partial charge in [-0.1, -0.05) is 30.3 Å². The summed E-state index contributed by atoms with van der Waals surface area (Å²) >= 11 is 1.54. The fourth-order valence-corrected chi connectivity index (χ4v) is 2.18. The van der Waals surface area contributed by atoms with E-state index in [9.17, 15) is 9.59 Å². The largest absolute Gasteiger partial charge is 0.481 e. The van der Waals surface area contributed by atoms with Gasteiger partial charge in [-0.15, -0.1) is 11.8 Å².